The lowest BCUT2D eigenvalue weighted by molar-refractivity contribution is 0.171. The number of imidazole rings is 1. The fourth-order valence-corrected chi connectivity index (χ4v) is 1.77. The van der Waals surface area contributed by atoms with Crippen molar-refractivity contribution in [1.82, 2.24) is 14.9 Å². The molecule has 1 heterocycles. The van der Waals surface area contributed by atoms with Crippen LogP contribution >= 0.6 is 0 Å². The molecule has 90 valence electrons. The van der Waals surface area contributed by atoms with Crippen LogP contribution in [0.15, 0.2) is 24.3 Å². The van der Waals surface area contributed by atoms with Gasteiger partial charge in [-0.2, -0.15) is 0 Å². The number of benzene rings is 1. The van der Waals surface area contributed by atoms with E-state index in [1.165, 1.54) is 7.11 Å². The minimum atomic E-state index is -0.413. The number of rotatable bonds is 3. The lowest BCUT2D eigenvalue weighted by atomic mass is 10.3. The molecule has 0 fully saturated rings. The third-order valence-electron chi connectivity index (χ3n) is 2.68. The SMILES string of the molecule is COC(=O)NCCc1nc2ccccc2n1C. The first-order valence-corrected chi connectivity index (χ1v) is 5.44. The summed E-state index contributed by atoms with van der Waals surface area (Å²) in [7, 11) is 3.33. The molecule has 0 aliphatic rings. The molecule has 0 atom stereocenters. The summed E-state index contributed by atoms with van der Waals surface area (Å²) in [6, 6.07) is 7.96. The van der Waals surface area contributed by atoms with Crippen LogP contribution in [0.25, 0.3) is 11.0 Å². The van der Waals surface area contributed by atoms with Crippen LogP contribution in [-0.2, 0) is 18.2 Å². The molecule has 2 aromatic rings. The number of para-hydroxylation sites is 2. The molecule has 1 amide bonds. The summed E-state index contributed by atoms with van der Waals surface area (Å²) >= 11 is 0. The average molecular weight is 233 g/mol. The molecule has 17 heavy (non-hydrogen) atoms. The second kappa shape index (κ2) is 4.86. The number of hydrogen-bond acceptors (Lipinski definition) is 3. The van der Waals surface area contributed by atoms with Gasteiger partial charge in [0.2, 0.25) is 0 Å². The summed E-state index contributed by atoms with van der Waals surface area (Å²) < 4.78 is 6.54. The van der Waals surface area contributed by atoms with Gasteiger partial charge in [0, 0.05) is 20.0 Å². The van der Waals surface area contributed by atoms with Crippen molar-refractivity contribution in [2.45, 2.75) is 6.42 Å². The zero-order chi connectivity index (χ0) is 12.3. The average Bonchev–Trinajstić information content (AvgIpc) is 2.67. The topological polar surface area (TPSA) is 56.1 Å². The van der Waals surface area contributed by atoms with E-state index in [9.17, 15) is 4.79 Å². The van der Waals surface area contributed by atoms with E-state index < -0.39 is 6.09 Å². The number of carbonyl (C=O) groups is 1. The Balaban J connectivity index is 2.09. The fourth-order valence-electron chi connectivity index (χ4n) is 1.77. The molecule has 0 bridgehead atoms. The first-order chi connectivity index (χ1) is 8.22. The Morgan fingerprint density at radius 1 is 1.47 bits per heavy atom. The summed E-state index contributed by atoms with van der Waals surface area (Å²) in [6.07, 6.45) is 0.268. The summed E-state index contributed by atoms with van der Waals surface area (Å²) in [5, 5.41) is 2.64. The lowest BCUT2D eigenvalue weighted by Crippen LogP contribution is -2.25. The van der Waals surface area contributed by atoms with Crippen molar-refractivity contribution in [3.63, 3.8) is 0 Å². The number of nitrogens with one attached hydrogen (secondary N) is 1. The van der Waals surface area contributed by atoms with E-state index in [1.807, 2.05) is 35.9 Å². The normalized spacial score (nSPS) is 10.5. The van der Waals surface area contributed by atoms with E-state index in [0.29, 0.717) is 13.0 Å². The van der Waals surface area contributed by atoms with Crippen LogP contribution in [0.2, 0.25) is 0 Å². The molecule has 2 rings (SSSR count). The van der Waals surface area contributed by atoms with Gasteiger partial charge in [0.25, 0.3) is 0 Å². The lowest BCUT2D eigenvalue weighted by Gasteiger charge is -2.03. The van der Waals surface area contributed by atoms with Gasteiger partial charge in [-0.25, -0.2) is 9.78 Å². The molecule has 5 nitrogen and oxygen atoms in total. The molecule has 0 unspecified atom stereocenters. The molecule has 1 aromatic carbocycles. The summed E-state index contributed by atoms with van der Waals surface area (Å²) in [6.45, 7) is 0.518. The van der Waals surface area contributed by atoms with E-state index in [1.54, 1.807) is 0 Å². The quantitative estimate of drug-likeness (QED) is 0.873. The van der Waals surface area contributed by atoms with Gasteiger partial charge in [0.1, 0.15) is 5.82 Å². The molecule has 1 N–H and O–H groups in total. The third kappa shape index (κ3) is 2.38. The van der Waals surface area contributed by atoms with Gasteiger partial charge in [-0.3, -0.25) is 0 Å². The van der Waals surface area contributed by atoms with Gasteiger partial charge in [-0.1, -0.05) is 12.1 Å². The predicted octanol–water partition coefficient (Wildman–Crippen LogP) is 1.47. The number of ether oxygens (including phenoxy) is 1. The van der Waals surface area contributed by atoms with Gasteiger partial charge in [-0.15, -0.1) is 0 Å². The van der Waals surface area contributed by atoms with Gasteiger partial charge in [0.15, 0.2) is 0 Å². The van der Waals surface area contributed by atoms with Crippen molar-refractivity contribution in [3.05, 3.63) is 30.1 Å². The summed E-state index contributed by atoms with van der Waals surface area (Å²) in [5.41, 5.74) is 2.07. The maximum absolute atomic E-state index is 10.9. The Morgan fingerprint density at radius 2 is 2.24 bits per heavy atom. The van der Waals surface area contributed by atoms with Gasteiger partial charge in [0.05, 0.1) is 18.1 Å². The second-order valence-corrected chi connectivity index (χ2v) is 3.74. The second-order valence-electron chi connectivity index (χ2n) is 3.74. The number of hydrogen-bond donors (Lipinski definition) is 1. The highest BCUT2D eigenvalue weighted by Gasteiger charge is 2.07. The first kappa shape index (κ1) is 11.4. The summed E-state index contributed by atoms with van der Waals surface area (Å²) in [4.78, 5) is 15.4. The predicted molar refractivity (Wildman–Crippen MR) is 64.8 cm³/mol. The van der Waals surface area contributed by atoms with E-state index in [-0.39, 0.29) is 0 Å². The zero-order valence-electron chi connectivity index (χ0n) is 9.93. The number of fused-ring (bicyclic) bond motifs is 1. The molecule has 0 spiro atoms. The molecule has 1 aromatic heterocycles. The van der Waals surface area contributed by atoms with Crippen molar-refractivity contribution in [2.24, 2.45) is 7.05 Å². The molecule has 0 aliphatic heterocycles. The van der Waals surface area contributed by atoms with Crippen LogP contribution in [0.5, 0.6) is 0 Å². The van der Waals surface area contributed by atoms with Crippen LogP contribution < -0.4 is 5.32 Å². The van der Waals surface area contributed by atoms with Crippen molar-refractivity contribution in [3.8, 4) is 0 Å². The monoisotopic (exact) mass is 233 g/mol. The fraction of sp³-hybridized carbons (Fsp3) is 0.333. The first-order valence-electron chi connectivity index (χ1n) is 5.44. The Morgan fingerprint density at radius 3 is 2.94 bits per heavy atom. The number of carbonyl (C=O) groups excluding carboxylic acids is 1. The highest BCUT2D eigenvalue weighted by atomic mass is 16.5. The van der Waals surface area contributed by atoms with Crippen molar-refractivity contribution in [2.75, 3.05) is 13.7 Å². The van der Waals surface area contributed by atoms with Crippen LogP contribution in [0.4, 0.5) is 4.79 Å². The van der Waals surface area contributed by atoms with Gasteiger partial charge in [-0.05, 0) is 12.1 Å². The van der Waals surface area contributed by atoms with Gasteiger partial charge >= 0.3 is 6.09 Å². The van der Waals surface area contributed by atoms with E-state index >= 15 is 0 Å². The maximum atomic E-state index is 10.9. The smallest absolute Gasteiger partial charge is 0.406 e. The molecule has 0 aliphatic carbocycles. The molecule has 0 saturated heterocycles. The standard InChI is InChI=1S/C12H15N3O2/c1-15-10-6-4-3-5-9(10)14-11(15)7-8-13-12(16)17-2/h3-6H,7-8H2,1-2H3,(H,13,16). The summed E-state index contributed by atoms with van der Waals surface area (Å²) in [5.74, 6) is 0.947. The Labute approximate surface area is 99.4 Å². The minimum absolute atomic E-state index is 0.413. The van der Waals surface area contributed by atoms with Crippen LogP contribution in [0, 0.1) is 0 Å². The van der Waals surface area contributed by atoms with Crippen molar-refractivity contribution < 1.29 is 9.53 Å². The zero-order valence-corrected chi connectivity index (χ0v) is 9.93. The van der Waals surface area contributed by atoms with Crippen LogP contribution in [0.3, 0.4) is 0 Å². The maximum Gasteiger partial charge on any atom is 0.406 e. The highest BCUT2D eigenvalue weighted by Crippen LogP contribution is 2.14. The number of amides is 1. The molecular formula is C12H15N3O2. The minimum Gasteiger partial charge on any atom is -0.453 e. The highest BCUT2D eigenvalue weighted by molar-refractivity contribution is 5.75. The number of aromatic nitrogens is 2. The molecule has 0 saturated carbocycles. The Kier molecular flexibility index (Phi) is 3.27. The number of alkyl carbamates (subject to hydrolysis) is 1. The van der Waals surface area contributed by atoms with E-state index in [4.69, 9.17) is 0 Å². The van der Waals surface area contributed by atoms with Crippen LogP contribution in [0.1, 0.15) is 5.82 Å². The van der Waals surface area contributed by atoms with Crippen molar-refractivity contribution in [1.29, 1.82) is 0 Å². The van der Waals surface area contributed by atoms with E-state index in [0.717, 1.165) is 16.9 Å². The number of nitrogens with zero attached hydrogens (tertiary/aromatic N) is 2. The third-order valence-corrected chi connectivity index (χ3v) is 2.68. The number of methoxy groups -OCH3 is 1. The molecular weight excluding hydrogens is 218 g/mol. The van der Waals surface area contributed by atoms with Crippen LogP contribution in [-0.4, -0.2) is 29.3 Å². The van der Waals surface area contributed by atoms with Gasteiger partial charge < -0.3 is 14.6 Å². The molecule has 5 heteroatoms. The Bertz CT molecular complexity index is 534. The van der Waals surface area contributed by atoms with Crippen molar-refractivity contribution >= 4 is 17.1 Å². The largest absolute Gasteiger partial charge is 0.453 e. The molecule has 0 radical (unpaired) electrons. The van der Waals surface area contributed by atoms with E-state index in [2.05, 4.69) is 15.0 Å². The Hall–Kier alpha value is -2.04. The number of aryl methyl sites for hydroxylation is 1.